The van der Waals surface area contributed by atoms with E-state index in [1.807, 2.05) is 37.3 Å². The Labute approximate surface area is 448 Å². The molecule has 2 amide bonds. The second-order valence-electron chi connectivity index (χ2n) is 22.5. The molecule has 4 rings (SSSR count). The van der Waals surface area contributed by atoms with Crippen LogP contribution in [0.5, 0.6) is 11.5 Å². The van der Waals surface area contributed by atoms with Crippen LogP contribution >= 0.6 is 11.8 Å². The van der Waals surface area contributed by atoms with E-state index in [1.54, 1.807) is 30.5 Å². The minimum Gasteiger partial charge on any atom is -0.543 e. The highest BCUT2D eigenvalue weighted by atomic mass is 32.2. The predicted molar refractivity (Wildman–Crippen MR) is 304 cm³/mol. The molecule has 2 aliphatic rings. The summed E-state index contributed by atoms with van der Waals surface area (Å²) in [6.45, 7) is 28.2. The Morgan fingerprint density at radius 2 is 1.39 bits per heavy atom. The molecular weight excluding hydrogens is 989 g/mol. The number of aliphatic hydroxyl groups excluding tert-OH is 1. The Hall–Kier alpha value is -4.91. The summed E-state index contributed by atoms with van der Waals surface area (Å²) in [5.41, 5.74) is 10.7. The number of hydrogen-bond acceptors (Lipinski definition) is 11. The number of fused-ring (bicyclic) bond motifs is 2. The van der Waals surface area contributed by atoms with Crippen molar-refractivity contribution in [3.8, 4) is 11.5 Å². The number of hydrogen-bond donors (Lipinski definition) is 3. The fourth-order valence-corrected chi connectivity index (χ4v) is 10.8. The van der Waals surface area contributed by atoms with E-state index in [2.05, 4.69) is 109 Å². The summed E-state index contributed by atoms with van der Waals surface area (Å²) in [6, 6.07) is 10.7. The number of benzene rings is 2. The molecule has 0 saturated heterocycles. The van der Waals surface area contributed by atoms with Crippen LogP contribution in [-0.4, -0.2) is 80.1 Å². The number of unbranched alkanes of at least 4 members (excludes halogenated alkanes) is 2. The second-order valence-corrected chi connectivity index (χ2v) is 33.1. The first-order valence-corrected chi connectivity index (χ1v) is 33.0. The number of nitrogens with zero attached hydrogens (tertiary/aromatic N) is 3. The van der Waals surface area contributed by atoms with Gasteiger partial charge in [-0.1, -0.05) is 148 Å². The molecule has 14 nitrogen and oxygen atoms in total. The molecule has 0 fully saturated rings. The van der Waals surface area contributed by atoms with Gasteiger partial charge < -0.3 is 33.9 Å². The molecule has 0 radical (unpaired) electrons. The smallest absolute Gasteiger partial charge is 0.342 e. The van der Waals surface area contributed by atoms with Crippen LogP contribution in [0.25, 0.3) is 10.4 Å². The van der Waals surface area contributed by atoms with Gasteiger partial charge in [-0.05, 0) is 120 Å². The Bertz CT molecular complexity index is 2350. The molecular formula is C57H86N4O10SSi2. The van der Waals surface area contributed by atoms with E-state index in [1.165, 1.54) is 23.9 Å². The third kappa shape index (κ3) is 20.7. The maximum atomic E-state index is 14.0. The van der Waals surface area contributed by atoms with E-state index >= 15 is 0 Å². The molecule has 0 saturated carbocycles. The average molecular weight is 1080 g/mol. The quantitative estimate of drug-likeness (QED) is 0.0237. The predicted octanol–water partition coefficient (Wildman–Crippen LogP) is 14.6. The fourth-order valence-electron chi connectivity index (χ4n) is 7.66. The van der Waals surface area contributed by atoms with E-state index in [0.717, 1.165) is 37.0 Å². The molecule has 0 aromatic heterocycles. The Morgan fingerprint density at radius 1 is 0.824 bits per heavy atom. The zero-order valence-electron chi connectivity index (χ0n) is 46.4. The fraction of sp³-hybridized carbons (Fsp3) is 0.579. The lowest BCUT2D eigenvalue weighted by atomic mass is 9.93. The van der Waals surface area contributed by atoms with E-state index in [-0.39, 0.29) is 57.4 Å². The van der Waals surface area contributed by atoms with E-state index < -0.39 is 52.8 Å². The van der Waals surface area contributed by atoms with Crippen molar-refractivity contribution >= 4 is 51.5 Å². The molecule has 2 aromatic carbocycles. The standard InChI is InChI=1S/C32H51N3O5Si2.C25H35NO5S/c1-23-16-12-13-17-24-18-14-20-26(39-41(8,9)31(2,3)4)29(24)30(37)38-25(19-15-21-28(36)34-35-33)22-27(23)40-42(10,11)32(5,6)7;1-3-4-7-16-32-25(30)26-15-9-13-20-17-22(28)18(2)10-5-6-11-19-12-8-14-21(27)23(19)24(29)31-20/h12-15,18,20-21,23,25,27H,16-17,19,22H2,1-11H3;5-6,8-9,12,14-15,18,20,22,27-28H,3-4,7,10-11,13,16-17H2,1-2H3,(H,26,30)/b13-12+,21-15+;6-5+,15-9+/t23-,25?,27+;18-,20?,22+/m00/s1. The Kier molecular flexibility index (Phi) is 25.7. The zero-order valence-corrected chi connectivity index (χ0v) is 49.3. The number of aromatic hydroxyl groups is 1. The number of esters is 2. The van der Waals surface area contributed by atoms with Crippen molar-refractivity contribution in [2.75, 3.05) is 5.75 Å². The monoisotopic (exact) mass is 1070 g/mol. The molecule has 2 heterocycles. The molecule has 0 bridgehead atoms. The number of nitrogens with one attached hydrogen (secondary N) is 1. The number of allylic oxidation sites excluding steroid dienone is 4. The first kappa shape index (κ1) is 63.4. The number of phenolic OH excluding ortho intramolecular Hbond substituents is 1. The topological polar surface area (TPSA) is 206 Å². The van der Waals surface area contributed by atoms with Crippen LogP contribution in [0.15, 0.2) is 90.2 Å². The number of azide groups is 1. The van der Waals surface area contributed by atoms with Gasteiger partial charge in [0.05, 0.1) is 12.2 Å². The summed E-state index contributed by atoms with van der Waals surface area (Å²) >= 11 is 1.25. The van der Waals surface area contributed by atoms with Gasteiger partial charge in [0, 0.05) is 42.5 Å². The number of aliphatic hydroxyl groups is 1. The number of carbonyl (C=O) groups is 4. The molecule has 2 aromatic rings. The van der Waals surface area contributed by atoms with Crippen LogP contribution in [0.1, 0.15) is 152 Å². The number of rotatable bonds is 14. The number of carbonyl (C=O) groups excluding carboxylic acids is 4. The van der Waals surface area contributed by atoms with Gasteiger partial charge in [-0.2, -0.15) is 0 Å². The van der Waals surface area contributed by atoms with Crippen LogP contribution in [0, 0.1) is 11.8 Å². The van der Waals surface area contributed by atoms with Gasteiger partial charge in [-0.25, -0.2) is 9.59 Å². The molecule has 3 N–H and O–H groups in total. The van der Waals surface area contributed by atoms with Gasteiger partial charge in [0.15, 0.2) is 8.32 Å². The second kappa shape index (κ2) is 30.0. The maximum absolute atomic E-state index is 14.0. The van der Waals surface area contributed by atoms with Crippen molar-refractivity contribution in [2.24, 2.45) is 17.0 Å². The van der Waals surface area contributed by atoms with Crippen molar-refractivity contribution in [1.82, 2.24) is 5.32 Å². The van der Waals surface area contributed by atoms with Crippen LogP contribution in [0.2, 0.25) is 36.3 Å². The van der Waals surface area contributed by atoms with Crippen molar-refractivity contribution in [1.29, 1.82) is 0 Å². The molecule has 0 spiro atoms. The van der Waals surface area contributed by atoms with Crippen LogP contribution < -0.4 is 9.74 Å². The molecule has 17 heteroatoms. The van der Waals surface area contributed by atoms with Gasteiger partial charge in [-0.3, -0.25) is 9.59 Å². The van der Waals surface area contributed by atoms with Gasteiger partial charge in [-0.15, -0.1) is 0 Å². The van der Waals surface area contributed by atoms with E-state index in [4.69, 9.17) is 23.9 Å². The number of phenols is 1. The van der Waals surface area contributed by atoms with E-state index in [0.29, 0.717) is 49.0 Å². The van der Waals surface area contributed by atoms with Gasteiger partial charge >= 0.3 is 11.9 Å². The first-order valence-electron chi connectivity index (χ1n) is 26.2. The SMILES string of the molecule is CCCCCSC(=O)N/C=C/CC1C[C@@H](O)[C@@H](C)C/C=C/Cc2cccc(O)c2C(=O)O1.C[C@H]1C/C=C/Cc2cccc(O[Si](C)(C)C(C)(C)C)c2C(=O)OC(C/C=C/C(=O)N=[N+]=[N-])C[C@H]1O[Si](C)(C)C(C)(C)C. The Morgan fingerprint density at radius 3 is 2.00 bits per heavy atom. The minimum absolute atomic E-state index is 0.00890. The first-order chi connectivity index (χ1) is 34.7. The summed E-state index contributed by atoms with van der Waals surface area (Å²) < 4.78 is 25.5. The maximum Gasteiger partial charge on any atom is 0.342 e. The summed E-state index contributed by atoms with van der Waals surface area (Å²) in [5.74, 6) is -0.350. The average Bonchev–Trinajstić information content (AvgIpc) is 3.30. The molecule has 6 atom stereocenters. The molecule has 74 heavy (non-hydrogen) atoms. The summed E-state index contributed by atoms with van der Waals surface area (Å²) in [5, 5.41) is 26.5. The van der Waals surface area contributed by atoms with Crippen molar-refractivity contribution in [2.45, 2.75) is 194 Å². The highest BCUT2D eigenvalue weighted by Crippen LogP contribution is 2.41. The van der Waals surface area contributed by atoms with Crippen molar-refractivity contribution < 1.29 is 47.7 Å². The Balaban J connectivity index is 0.000000405. The molecule has 0 aliphatic carbocycles. The lowest BCUT2D eigenvalue weighted by Gasteiger charge is -2.41. The summed E-state index contributed by atoms with van der Waals surface area (Å²) in [6.07, 6.45) is 19.6. The lowest BCUT2D eigenvalue weighted by molar-refractivity contribution is -0.113. The highest BCUT2D eigenvalue weighted by Gasteiger charge is 2.42. The third-order valence-electron chi connectivity index (χ3n) is 14.4. The molecule has 2 unspecified atom stereocenters. The van der Waals surface area contributed by atoms with Crippen molar-refractivity contribution in [3.05, 3.63) is 118 Å². The van der Waals surface area contributed by atoms with Crippen LogP contribution in [0.3, 0.4) is 0 Å². The molecule has 408 valence electrons. The van der Waals surface area contributed by atoms with Crippen molar-refractivity contribution in [3.63, 3.8) is 0 Å². The summed E-state index contributed by atoms with van der Waals surface area (Å²) in [4.78, 5) is 53.2. The van der Waals surface area contributed by atoms with Gasteiger partial charge in [0.2, 0.25) is 5.91 Å². The van der Waals surface area contributed by atoms with Crippen LogP contribution in [-0.2, 0) is 31.5 Å². The minimum atomic E-state index is -2.26. The van der Waals surface area contributed by atoms with E-state index in [9.17, 15) is 29.4 Å². The lowest BCUT2D eigenvalue weighted by Crippen LogP contribution is -2.46. The largest absolute Gasteiger partial charge is 0.543 e. The van der Waals surface area contributed by atoms with Crippen LogP contribution in [0.4, 0.5) is 4.79 Å². The summed E-state index contributed by atoms with van der Waals surface area (Å²) in [7, 11) is -4.41. The molecule has 2 aliphatic heterocycles. The third-order valence-corrected chi connectivity index (χ3v) is 24.2. The number of ether oxygens (including phenoxy) is 2. The normalized spacial score (nSPS) is 22.3. The number of amides is 2. The van der Waals surface area contributed by atoms with Gasteiger partial charge in [0.1, 0.15) is 34.8 Å². The zero-order chi connectivity index (χ0) is 55.3. The number of cyclic esters (lactones) is 2. The number of thioether (sulfide) groups is 1. The highest BCUT2D eigenvalue weighted by molar-refractivity contribution is 8.13. The van der Waals surface area contributed by atoms with Gasteiger partial charge in [0.25, 0.3) is 13.6 Å².